The summed E-state index contributed by atoms with van der Waals surface area (Å²) in [5.41, 5.74) is 1.82. The lowest BCUT2D eigenvalue weighted by atomic mass is 10.3. The zero-order chi connectivity index (χ0) is 15.0. The molecule has 0 amide bonds. The van der Waals surface area contributed by atoms with E-state index in [1.807, 2.05) is 0 Å². The Hall–Kier alpha value is -2.56. The van der Waals surface area contributed by atoms with E-state index in [9.17, 15) is 5.11 Å². The lowest BCUT2D eigenvalue weighted by molar-refractivity contribution is 0.474. The first-order valence-electron chi connectivity index (χ1n) is 6.75. The fourth-order valence-electron chi connectivity index (χ4n) is 1.76. The Kier molecular flexibility index (Phi) is 2.27. The highest BCUT2D eigenvalue weighted by atomic mass is 16.3. The maximum Gasteiger partial charge on any atom is 0.228 e. The maximum atomic E-state index is 9.41. The monoisotopic (exact) mass is 259 g/mol. The molecule has 0 bridgehead atoms. The van der Waals surface area contributed by atoms with Crippen LogP contribution in [0.1, 0.15) is 9.67 Å². The third-order valence-electron chi connectivity index (χ3n) is 2.64. The van der Waals surface area contributed by atoms with Crippen molar-refractivity contribution in [1.29, 1.82) is 0 Å². The van der Waals surface area contributed by atoms with Crippen LogP contribution in [0.25, 0.3) is 22.6 Å². The quantitative estimate of drug-likeness (QED) is 0.756. The van der Waals surface area contributed by atoms with Crippen molar-refractivity contribution < 1.29 is 12.3 Å². The summed E-state index contributed by atoms with van der Waals surface area (Å²) in [6.45, 7) is -0.125. The van der Waals surface area contributed by atoms with E-state index in [1.54, 1.807) is 30.5 Å². The number of aromatic nitrogens is 2. The van der Waals surface area contributed by atoms with Crippen molar-refractivity contribution in [3.05, 3.63) is 36.5 Å². The SMILES string of the molecule is [3H]C([3H])(C)Nc1ccc(-c2nc3ccc(O)cc3o2)cn1. The Balaban J connectivity index is 1.91. The summed E-state index contributed by atoms with van der Waals surface area (Å²) >= 11 is 0. The van der Waals surface area contributed by atoms with Gasteiger partial charge in [0.2, 0.25) is 5.89 Å². The summed E-state index contributed by atoms with van der Waals surface area (Å²) in [6.07, 6.45) is 1.55. The van der Waals surface area contributed by atoms with Crippen molar-refractivity contribution >= 4 is 16.9 Å². The summed E-state index contributed by atoms with van der Waals surface area (Å²) in [6, 6.07) is 8.12. The average Bonchev–Trinajstić information content (AvgIpc) is 2.80. The highest BCUT2D eigenvalue weighted by Gasteiger charge is 2.09. The van der Waals surface area contributed by atoms with E-state index in [2.05, 4.69) is 15.3 Å². The van der Waals surface area contributed by atoms with E-state index in [0.29, 0.717) is 28.4 Å². The molecule has 0 radical (unpaired) electrons. The number of phenols is 1. The van der Waals surface area contributed by atoms with Crippen LogP contribution in [0.3, 0.4) is 0 Å². The van der Waals surface area contributed by atoms with Crippen LogP contribution in [-0.2, 0) is 0 Å². The zero-order valence-corrected chi connectivity index (χ0v) is 10.2. The maximum absolute atomic E-state index is 9.41. The first-order chi connectivity index (χ1) is 9.90. The third kappa shape index (κ3) is 2.22. The Morgan fingerprint density at radius 2 is 2.26 bits per heavy atom. The van der Waals surface area contributed by atoms with E-state index in [0.717, 1.165) is 0 Å². The lowest BCUT2D eigenvalue weighted by Gasteiger charge is -2.01. The van der Waals surface area contributed by atoms with E-state index in [1.165, 1.54) is 13.0 Å². The molecular formula is C14H13N3O2. The minimum atomic E-state index is -1.54. The number of nitrogens with one attached hydrogen (secondary N) is 1. The minimum absolute atomic E-state index is 0.119. The predicted molar refractivity (Wildman–Crippen MR) is 73.1 cm³/mol. The molecule has 0 aliphatic rings. The number of nitrogens with zero attached hydrogens (tertiary/aromatic N) is 2. The number of oxazole rings is 1. The number of hydrogen-bond acceptors (Lipinski definition) is 5. The van der Waals surface area contributed by atoms with Crippen LogP contribution >= 0.6 is 0 Å². The second-order valence-corrected chi connectivity index (χ2v) is 3.98. The van der Waals surface area contributed by atoms with Gasteiger partial charge in [-0.05, 0) is 31.2 Å². The van der Waals surface area contributed by atoms with Crippen molar-refractivity contribution in [2.24, 2.45) is 0 Å². The summed E-state index contributed by atoms with van der Waals surface area (Å²) in [7, 11) is 0. The second kappa shape index (κ2) is 4.61. The van der Waals surface area contributed by atoms with Crippen LogP contribution in [0.4, 0.5) is 5.82 Å². The molecule has 5 heteroatoms. The Morgan fingerprint density at radius 1 is 1.37 bits per heavy atom. The van der Waals surface area contributed by atoms with Crippen molar-refractivity contribution in [3.8, 4) is 17.2 Å². The van der Waals surface area contributed by atoms with Crippen LogP contribution in [0.2, 0.25) is 0 Å². The van der Waals surface area contributed by atoms with Gasteiger partial charge in [0.05, 0.1) is 5.56 Å². The van der Waals surface area contributed by atoms with E-state index >= 15 is 0 Å². The van der Waals surface area contributed by atoms with Gasteiger partial charge in [0, 0.05) is 21.5 Å². The fourth-order valence-corrected chi connectivity index (χ4v) is 1.76. The van der Waals surface area contributed by atoms with Gasteiger partial charge in [0.15, 0.2) is 5.58 Å². The molecule has 0 saturated carbocycles. The minimum Gasteiger partial charge on any atom is -0.508 e. The number of phenolic OH excluding ortho intramolecular Hbond substituents is 1. The summed E-state index contributed by atoms with van der Waals surface area (Å²) in [4.78, 5) is 8.44. The van der Waals surface area contributed by atoms with Crippen LogP contribution in [-0.4, -0.2) is 21.6 Å². The van der Waals surface area contributed by atoms with E-state index in [4.69, 9.17) is 7.16 Å². The van der Waals surface area contributed by atoms with Crippen LogP contribution < -0.4 is 5.32 Å². The topological polar surface area (TPSA) is 71.2 Å². The standard InChI is InChI=1S/C14H13N3O2/c1-2-15-13-6-3-9(8-16-13)14-17-11-5-4-10(18)7-12(11)19-14/h3-8,18H,2H2,1H3,(H,15,16)/i2T2. The number of pyridine rings is 1. The summed E-state index contributed by atoms with van der Waals surface area (Å²) in [5, 5.41) is 12.0. The molecule has 0 saturated heterocycles. The molecule has 0 unspecified atom stereocenters. The van der Waals surface area contributed by atoms with Crippen LogP contribution in [0.15, 0.2) is 40.9 Å². The molecule has 1 aromatic carbocycles. The van der Waals surface area contributed by atoms with Crippen molar-refractivity contribution in [2.45, 2.75) is 6.92 Å². The van der Waals surface area contributed by atoms with Gasteiger partial charge in [-0.25, -0.2) is 9.97 Å². The number of aromatic hydroxyl groups is 1. The van der Waals surface area contributed by atoms with Crippen molar-refractivity contribution in [2.75, 3.05) is 11.8 Å². The van der Waals surface area contributed by atoms with Gasteiger partial charge in [-0.3, -0.25) is 0 Å². The molecule has 0 atom stereocenters. The summed E-state index contributed by atoms with van der Waals surface area (Å²) < 4.78 is 20.5. The Morgan fingerprint density at radius 3 is 3.00 bits per heavy atom. The van der Waals surface area contributed by atoms with Gasteiger partial charge >= 0.3 is 0 Å². The predicted octanol–water partition coefficient (Wildman–Crippen LogP) is 3.03. The van der Waals surface area contributed by atoms with Gasteiger partial charge < -0.3 is 14.8 Å². The highest BCUT2D eigenvalue weighted by molar-refractivity contribution is 5.77. The number of anilines is 1. The number of benzene rings is 1. The smallest absolute Gasteiger partial charge is 0.228 e. The fraction of sp³-hybridized carbons (Fsp3) is 0.143. The van der Waals surface area contributed by atoms with Gasteiger partial charge in [-0.15, -0.1) is 0 Å². The van der Waals surface area contributed by atoms with Crippen molar-refractivity contribution in [3.63, 3.8) is 0 Å². The van der Waals surface area contributed by atoms with Gasteiger partial charge in [0.25, 0.3) is 0 Å². The van der Waals surface area contributed by atoms with Gasteiger partial charge in [-0.1, -0.05) is 0 Å². The molecule has 19 heavy (non-hydrogen) atoms. The molecule has 3 rings (SSSR count). The first kappa shape index (κ1) is 9.38. The molecule has 2 aromatic heterocycles. The van der Waals surface area contributed by atoms with Gasteiger partial charge in [0.1, 0.15) is 17.1 Å². The molecule has 0 aliphatic carbocycles. The largest absolute Gasteiger partial charge is 0.508 e. The molecule has 0 spiro atoms. The lowest BCUT2D eigenvalue weighted by Crippen LogP contribution is -1.98. The first-order valence-corrected chi connectivity index (χ1v) is 5.75. The van der Waals surface area contributed by atoms with Gasteiger partial charge in [-0.2, -0.15) is 0 Å². The molecular weight excluding hydrogens is 242 g/mol. The second-order valence-electron chi connectivity index (χ2n) is 3.98. The molecule has 0 aliphatic heterocycles. The van der Waals surface area contributed by atoms with E-state index in [-0.39, 0.29) is 5.75 Å². The molecule has 96 valence electrons. The number of fused-ring (bicyclic) bond motifs is 1. The average molecular weight is 259 g/mol. The number of hydrogen-bond donors (Lipinski definition) is 2. The number of rotatable bonds is 3. The van der Waals surface area contributed by atoms with E-state index < -0.39 is 6.50 Å². The Labute approximate surface area is 112 Å². The highest BCUT2D eigenvalue weighted by Crippen LogP contribution is 2.26. The zero-order valence-electron chi connectivity index (χ0n) is 12.2. The Bertz CT molecular complexity index is 779. The van der Waals surface area contributed by atoms with Crippen LogP contribution in [0.5, 0.6) is 5.75 Å². The molecule has 2 N–H and O–H groups in total. The van der Waals surface area contributed by atoms with Crippen molar-refractivity contribution in [1.82, 2.24) is 9.97 Å². The summed E-state index contributed by atoms with van der Waals surface area (Å²) in [5.74, 6) is 0.946. The molecule has 0 fully saturated rings. The molecule has 2 heterocycles. The van der Waals surface area contributed by atoms with Crippen LogP contribution in [0, 0.1) is 0 Å². The normalized spacial score (nSPS) is 13.1. The third-order valence-corrected chi connectivity index (χ3v) is 2.64. The molecule has 5 nitrogen and oxygen atoms in total. The molecule has 3 aromatic rings.